The van der Waals surface area contributed by atoms with Gasteiger partial charge in [0.25, 0.3) is 11.8 Å². The number of carbonyl (C=O) groups excluding carboxylic acids is 2. The summed E-state index contributed by atoms with van der Waals surface area (Å²) >= 11 is 0. The Hall–Kier alpha value is -3.58. The number of aryl methyl sites for hydroxylation is 1. The van der Waals surface area contributed by atoms with Crippen molar-refractivity contribution in [2.75, 3.05) is 6.54 Å². The third-order valence-corrected chi connectivity index (χ3v) is 3.73. The van der Waals surface area contributed by atoms with E-state index in [0.29, 0.717) is 11.1 Å². The molecule has 6 nitrogen and oxygen atoms in total. The van der Waals surface area contributed by atoms with Crippen LogP contribution in [0.3, 0.4) is 0 Å². The van der Waals surface area contributed by atoms with Gasteiger partial charge >= 0.3 is 0 Å². The molecule has 2 amide bonds. The third-order valence-electron chi connectivity index (χ3n) is 3.73. The van der Waals surface area contributed by atoms with Crippen LogP contribution in [-0.2, 0) is 4.79 Å². The molecule has 0 saturated heterocycles. The summed E-state index contributed by atoms with van der Waals surface area (Å²) in [6.07, 6.45) is 0. The first-order chi connectivity index (χ1) is 13.0. The fourth-order valence-electron chi connectivity index (χ4n) is 2.17. The van der Waals surface area contributed by atoms with Crippen molar-refractivity contribution in [3.8, 4) is 23.7 Å². The van der Waals surface area contributed by atoms with E-state index in [2.05, 4.69) is 29.0 Å². The number of benzene rings is 2. The minimum atomic E-state index is -1.02. The lowest BCUT2D eigenvalue weighted by atomic mass is 10.1. The summed E-state index contributed by atoms with van der Waals surface area (Å²) in [7, 11) is 0. The Balaban J connectivity index is 0.00000392. The molecule has 0 radical (unpaired) electrons. The molecule has 0 spiro atoms. The van der Waals surface area contributed by atoms with E-state index in [1.54, 1.807) is 24.3 Å². The summed E-state index contributed by atoms with van der Waals surface area (Å²) in [5, 5.41) is 11.0. The van der Waals surface area contributed by atoms with Crippen LogP contribution >= 0.6 is 0 Å². The molecule has 0 heterocycles. The van der Waals surface area contributed by atoms with Gasteiger partial charge in [0.2, 0.25) is 0 Å². The van der Waals surface area contributed by atoms with Crippen LogP contribution in [0.2, 0.25) is 0 Å². The van der Waals surface area contributed by atoms with Crippen molar-refractivity contribution < 1.29 is 14.8 Å². The zero-order chi connectivity index (χ0) is 19.6. The molecule has 5 N–H and O–H groups in total. The first kappa shape index (κ1) is 22.5. The van der Waals surface area contributed by atoms with Gasteiger partial charge in [-0.1, -0.05) is 37.5 Å². The van der Waals surface area contributed by atoms with Crippen LogP contribution in [0.4, 0.5) is 0 Å². The number of hydroxylamine groups is 1. The van der Waals surface area contributed by atoms with Crippen molar-refractivity contribution in [3.63, 3.8) is 0 Å². The molecule has 0 saturated carbocycles. The topological polar surface area (TPSA) is 104 Å². The second kappa shape index (κ2) is 11.2. The fraction of sp³-hybridized carbons (Fsp3) is 0.182. The largest absolute Gasteiger partial charge is 0.339 e. The lowest BCUT2D eigenvalue weighted by molar-refractivity contribution is -0.130. The molecule has 0 fully saturated rings. The van der Waals surface area contributed by atoms with Gasteiger partial charge in [-0.25, -0.2) is 5.48 Å². The Morgan fingerprint density at radius 2 is 1.71 bits per heavy atom. The molecule has 2 aromatic rings. The van der Waals surface area contributed by atoms with E-state index < -0.39 is 17.9 Å². The SMILES string of the molecule is C.Cc1ccccc1C#CC#Cc1ccc(C(=O)N[C@@H](CN)C(=O)NO)cc1. The first-order valence-corrected chi connectivity index (χ1v) is 8.17. The number of rotatable bonds is 4. The van der Waals surface area contributed by atoms with Crippen LogP contribution in [0.1, 0.15) is 34.5 Å². The van der Waals surface area contributed by atoms with Crippen LogP contribution in [0.5, 0.6) is 0 Å². The molecule has 144 valence electrons. The van der Waals surface area contributed by atoms with Crippen LogP contribution in [0.25, 0.3) is 0 Å². The Kier molecular flexibility index (Phi) is 8.98. The molecule has 0 aromatic heterocycles. The highest BCUT2D eigenvalue weighted by molar-refractivity contribution is 5.97. The van der Waals surface area contributed by atoms with Gasteiger partial charge in [-0.3, -0.25) is 14.8 Å². The number of hydrogen-bond acceptors (Lipinski definition) is 4. The van der Waals surface area contributed by atoms with E-state index in [-0.39, 0.29) is 14.0 Å². The van der Waals surface area contributed by atoms with E-state index in [1.165, 1.54) is 5.48 Å². The highest BCUT2D eigenvalue weighted by Gasteiger charge is 2.19. The van der Waals surface area contributed by atoms with Crippen LogP contribution in [0, 0.1) is 30.6 Å². The van der Waals surface area contributed by atoms with Gasteiger partial charge in [-0.15, -0.1) is 0 Å². The van der Waals surface area contributed by atoms with Crippen molar-refractivity contribution in [1.29, 1.82) is 0 Å². The highest BCUT2D eigenvalue weighted by atomic mass is 16.5. The van der Waals surface area contributed by atoms with Gasteiger partial charge in [0.15, 0.2) is 0 Å². The molecule has 1 atom stereocenters. The number of amides is 2. The monoisotopic (exact) mass is 377 g/mol. The summed E-state index contributed by atoms with van der Waals surface area (Å²) in [6, 6.07) is 13.3. The molecule has 0 unspecified atom stereocenters. The standard InChI is InChI=1S/C21H19N3O3.CH4/c1-15-6-2-4-8-17(15)9-5-3-7-16-10-12-18(13-11-16)20(25)23-19(14-22)21(26)24-27;/h2,4,6,8,10-13,19,27H,14,22H2,1H3,(H,23,25)(H,24,26);1H4/t19-;/m0./s1. The summed E-state index contributed by atoms with van der Waals surface area (Å²) in [5.41, 5.74) is 9.93. The zero-order valence-electron chi connectivity index (χ0n) is 14.7. The molecule has 2 rings (SSSR count). The molecular formula is C22H23N3O3. The van der Waals surface area contributed by atoms with Crippen molar-refractivity contribution in [2.24, 2.45) is 5.73 Å². The predicted molar refractivity (Wildman–Crippen MR) is 108 cm³/mol. The summed E-state index contributed by atoms with van der Waals surface area (Å²) in [5.74, 6) is 10.2. The van der Waals surface area contributed by atoms with E-state index in [0.717, 1.165) is 11.1 Å². The third kappa shape index (κ3) is 6.30. The Morgan fingerprint density at radius 1 is 1.07 bits per heavy atom. The van der Waals surface area contributed by atoms with Gasteiger partial charge < -0.3 is 11.1 Å². The Labute approximate surface area is 165 Å². The maximum absolute atomic E-state index is 12.1. The van der Waals surface area contributed by atoms with Crippen molar-refractivity contribution in [3.05, 3.63) is 70.8 Å². The van der Waals surface area contributed by atoms with E-state index in [1.807, 2.05) is 31.2 Å². The second-order valence-corrected chi connectivity index (χ2v) is 5.63. The lowest BCUT2D eigenvalue weighted by Crippen LogP contribution is -2.50. The Morgan fingerprint density at radius 3 is 2.32 bits per heavy atom. The van der Waals surface area contributed by atoms with E-state index in [9.17, 15) is 9.59 Å². The molecule has 6 heteroatoms. The molecule has 28 heavy (non-hydrogen) atoms. The lowest BCUT2D eigenvalue weighted by Gasteiger charge is -2.14. The average molecular weight is 377 g/mol. The maximum atomic E-state index is 12.1. The number of nitrogens with one attached hydrogen (secondary N) is 2. The minimum absolute atomic E-state index is 0. The maximum Gasteiger partial charge on any atom is 0.267 e. The first-order valence-electron chi connectivity index (χ1n) is 8.17. The van der Waals surface area contributed by atoms with Gasteiger partial charge in [0, 0.05) is 23.2 Å². The minimum Gasteiger partial charge on any atom is -0.339 e. The smallest absolute Gasteiger partial charge is 0.267 e. The highest BCUT2D eigenvalue weighted by Crippen LogP contribution is 2.05. The summed E-state index contributed by atoms with van der Waals surface area (Å²) in [4.78, 5) is 23.5. The van der Waals surface area contributed by atoms with Gasteiger partial charge in [-0.05, 0) is 54.7 Å². The molecule has 0 aliphatic heterocycles. The van der Waals surface area contributed by atoms with Crippen LogP contribution in [0.15, 0.2) is 48.5 Å². The zero-order valence-corrected chi connectivity index (χ0v) is 14.7. The van der Waals surface area contributed by atoms with Gasteiger partial charge in [0.05, 0.1) is 0 Å². The fourth-order valence-corrected chi connectivity index (χ4v) is 2.17. The molecule has 0 aliphatic rings. The second-order valence-electron chi connectivity index (χ2n) is 5.63. The normalized spacial score (nSPS) is 10.1. The van der Waals surface area contributed by atoms with Crippen molar-refractivity contribution in [1.82, 2.24) is 10.8 Å². The van der Waals surface area contributed by atoms with Crippen molar-refractivity contribution in [2.45, 2.75) is 20.4 Å². The quantitative estimate of drug-likeness (QED) is 0.369. The summed E-state index contributed by atoms with van der Waals surface area (Å²) in [6.45, 7) is 1.85. The number of nitrogens with two attached hydrogens (primary N) is 1. The van der Waals surface area contributed by atoms with Gasteiger partial charge in [0.1, 0.15) is 6.04 Å². The predicted octanol–water partition coefficient (Wildman–Crippen LogP) is 1.60. The van der Waals surface area contributed by atoms with Crippen LogP contribution in [-0.4, -0.2) is 29.6 Å². The van der Waals surface area contributed by atoms with E-state index >= 15 is 0 Å². The number of hydrogen-bond donors (Lipinski definition) is 4. The Bertz CT molecular complexity index is 945. The summed E-state index contributed by atoms with van der Waals surface area (Å²) < 4.78 is 0. The molecule has 0 bridgehead atoms. The molecule has 2 aromatic carbocycles. The number of carbonyl (C=O) groups is 2. The molecular weight excluding hydrogens is 354 g/mol. The average Bonchev–Trinajstić information content (AvgIpc) is 2.70. The van der Waals surface area contributed by atoms with Crippen LogP contribution < -0.4 is 16.5 Å². The van der Waals surface area contributed by atoms with Crippen molar-refractivity contribution >= 4 is 11.8 Å². The van der Waals surface area contributed by atoms with Gasteiger partial charge in [-0.2, -0.15) is 0 Å². The molecule has 0 aliphatic carbocycles. The van der Waals surface area contributed by atoms with E-state index in [4.69, 9.17) is 10.9 Å².